The van der Waals surface area contributed by atoms with Crippen molar-refractivity contribution >= 4 is 28.5 Å². The van der Waals surface area contributed by atoms with Gasteiger partial charge in [-0.25, -0.2) is 0 Å². The zero-order valence-electron chi connectivity index (χ0n) is 8.71. The molecule has 2 rings (SSSR count). The van der Waals surface area contributed by atoms with Gasteiger partial charge in [0.25, 0.3) is 10.4 Å². The summed E-state index contributed by atoms with van der Waals surface area (Å²) in [5.74, 6) is 0. The highest BCUT2D eigenvalue weighted by Crippen LogP contribution is 2.23. The van der Waals surface area contributed by atoms with Crippen molar-refractivity contribution in [3.8, 4) is 5.19 Å². The van der Waals surface area contributed by atoms with Gasteiger partial charge in [0, 0.05) is 36.4 Å². The smallest absolute Gasteiger partial charge is 0.293 e. The van der Waals surface area contributed by atoms with Crippen LogP contribution in [0.5, 0.6) is 5.19 Å². The van der Waals surface area contributed by atoms with Crippen LogP contribution in [0.4, 0.5) is 4.79 Å². The van der Waals surface area contributed by atoms with Crippen LogP contribution < -0.4 is 4.74 Å². The zero-order valence-corrected chi connectivity index (χ0v) is 10.3. The Labute approximate surface area is 101 Å². The second-order valence-electron chi connectivity index (χ2n) is 3.01. The molecule has 0 unspecified atom stereocenters. The maximum atomic E-state index is 11.8. The molecule has 0 aromatic carbocycles. The molecule has 0 aliphatic carbocycles. The Bertz CT molecular complexity index is 365. The number of carbonyl (C=O) groups excluding carboxylic acids is 1. The Morgan fingerprint density at radius 2 is 2.31 bits per heavy atom. The third-order valence-electron chi connectivity index (χ3n) is 2.01. The van der Waals surface area contributed by atoms with Crippen molar-refractivity contribution in [2.24, 2.45) is 0 Å². The van der Waals surface area contributed by atoms with Gasteiger partial charge in [0.2, 0.25) is 5.16 Å². The molecule has 0 spiro atoms. The number of rotatable bonds is 2. The van der Waals surface area contributed by atoms with Gasteiger partial charge in [0.05, 0.1) is 20.3 Å². The maximum absolute atomic E-state index is 11.8. The first-order valence-electron chi connectivity index (χ1n) is 4.72. The predicted molar refractivity (Wildman–Crippen MR) is 60.1 cm³/mol. The van der Waals surface area contributed by atoms with Gasteiger partial charge in [0.15, 0.2) is 0 Å². The molecule has 1 aliphatic rings. The van der Waals surface area contributed by atoms with Gasteiger partial charge in [-0.15, -0.1) is 0 Å². The van der Waals surface area contributed by atoms with Crippen LogP contribution >= 0.6 is 23.3 Å². The molecule has 88 valence electrons. The van der Waals surface area contributed by atoms with Crippen LogP contribution in [0.2, 0.25) is 0 Å². The van der Waals surface area contributed by atoms with Crippen molar-refractivity contribution in [1.82, 2.24) is 14.3 Å². The van der Waals surface area contributed by atoms with Crippen LogP contribution in [0, 0.1) is 0 Å². The Hall–Kier alpha value is -0.860. The van der Waals surface area contributed by atoms with Gasteiger partial charge in [-0.1, -0.05) is 0 Å². The number of methoxy groups -OCH3 is 1. The first-order valence-corrected chi connectivity index (χ1v) is 6.31. The molecule has 1 fully saturated rings. The summed E-state index contributed by atoms with van der Waals surface area (Å²) < 4.78 is 14.1. The molecule has 8 heteroatoms. The molecule has 1 aromatic heterocycles. The minimum atomic E-state index is -0.0382. The van der Waals surface area contributed by atoms with E-state index in [-0.39, 0.29) is 5.24 Å². The number of thioether (sulfide) groups is 1. The van der Waals surface area contributed by atoms with E-state index in [1.165, 1.54) is 7.11 Å². The fourth-order valence-corrected chi connectivity index (χ4v) is 2.52. The Balaban J connectivity index is 1.90. The van der Waals surface area contributed by atoms with E-state index in [1.807, 2.05) is 0 Å². The van der Waals surface area contributed by atoms with E-state index in [0.29, 0.717) is 36.7 Å². The molecule has 0 atom stereocenters. The first kappa shape index (κ1) is 11.6. The normalized spacial score (nSPS) is 16.2. The van der Waals surface area contributed by atoms with E-state index < -0.39 is 0 Å². The highest BCUT2D eigenvalue weighted by molar-refractivity contribution is 8.13. The summed E-state index contributed by atoms with van der Waals surface area (Å²) >= 11 is 2.16. The Kier molecular flexibility index (Phi) is 3.97. The van der Waals surface area contributed by atoms with E-state index in [0.717, 1.165) is 23.3 Å². The molecule has 1 saturated heterocycles. The molecule has 1 aromatic rings. The lowest BCUT2D eigenvalue weighted by Gasteiger charge is -2.25. The van der Waals surface area contributed by atoms with Gasteiger partial charge in [-0.2, -0.15) is 9.36 Å². The summed E-state index contributed by atoms with van der Waals surface area (Å²) in [6.45, 7) is 2.46. The SMILES string of the molecule is COc1nc(SC(=O)N2CCOCC2)ns1. The van der Waals surface area contributed by atoms with E-state index in [2.05, 4.69) is 9.36 Å². The fraction of sp³-hybridized carbons (Fsp3) is 0.625. The molecule has 0 radical (unpaired) electrons. The van der Waals surface area contributed by atoms with Crippen LogP contribution in [0.3, 0.4) is 0 Å². The van der Waals surface area contributed by atoms with Crippen LogP contribution in [0.1, 0.15) is 0 Å². The molecule has 0 N–H and O–H groups in total. The van der Waals surface area contributed by atoms with Crippen LogP contribution in [0.25, 0.3) is 0 Å². The predicted octanol–water partition coefficient (Wildman–Crippen LogP) is 1.09. The lowest BCUT2D eigenvalue weighted by atomic mass is 10.5. The molecule has 1 amide bonds. The van der Waals surface area contributed by atoms with Crippen LogP contribution in [-0.2, 0) is 4.74 Å². The van der Waals surface area contributed by atoms with Crippen LogP contribution in [0.15, 0.2) is 5.16 Å². The summed E-state index contributed by atoms with van der Waals surface area (Å²) in [7, 11) is 1.53. The topological polar surface area (TPSA) is 64.5 Å². The average molecular weight is 261 g/mol. The van der Waals surface area contributed by atoms with E-state index in [4.69, 9.17) is 9.47 Å². The monoisotopic (exact) mass is 261 g/mol. The minimum Gasteiger partial charge on any atom is -0.472 e. The third kappa shape index (κ3) is 2.83. The van der Waals surface area contributed by atoms with Crippen molar-refractivity contribution in [3.63, 3.8) is 0 Å². The maximum Gasteiger partial charge on any atom is 0.293 e. The van der Waals surface area contributed by atoms with Crippen molar-refractivity contribution in [2.45, 2.75) is 5.16 Å². The summed E-state index contributed by atoms with van der Waals surface area (Å²) in [6.07, 6.45) is 0. The Morgan fingerprint density at radius 3 is 2.94 bits per heavy atom. The number of hydrogen-bond acceptors (Lipinski definition) is 7. The number of morpholine rings is 1. The van der Waals surface area contributed by atoms with Crippen molar-refractivity contribution in [1.29, 1.82) is 0 Å². The fourth-order valence-electron chi connectivity index (χ4n) is 1.21. The molecule has 0 bridgehead atoms. The number of amides is 1. The van der Waals surface area contributed by atoms with Crippen molar-refractivity contribution < 1.29 is 14.3 Å². The minimum absolute atomic E-state index is 0.0382. The van der Waals surface area contributed by atoms with E-state index in [9.17, 15) is 4.79 Å². The largest absolute Gasteiger partial charge is 0.472 e. The summed E-state index contributed by atoms with van der Waals surface area (Å²) in [5.41, 5.74) is 0. The summed E-state index contributed by atoms with van der Waals surface area (Å²) in [5, 5.41) is 0.874. The molecule has 6 nitrogen and oxygen atoms in total. The summed E-state index contributed by atoms with van der Waals surface area (Å²) in [6, 6.07) is 0. The van der Waals surface area contributed by atoms with Gasteiger partial charge < -0.3 is 14.4 Å². The number of carbonyl (C=O) groups is 1. The van der Waals surface area contributed by atoms with E-state index >= 15 is 0 Å². The number of nitrogens with zero attached hydrogens (tertiary/aromatic N) is 3. The molecule has 1 aliphatic heterocycles. The van der Waals surface area contributed by atoms with Gasteiger partial charge >= 0.3 is 0 Å². The average Bonchev–Trinajstić information content (AvgIpc) is 2.78. The molecular weight excluding hydrogens is 250 g/mol. The first-order chi connectivity index (χ1) is 7.79. The summed E-state index contributed by atoms with van der Waals surface area (Å²) in [4.78, 5) is 17.6. The number of aromatic nitrogens is 2. The molecule has 2 heterocycles. The van der Waals surface area contributed by atoms with Crippen molar-refractivity contribution in [2.75, 3.05) is 33.4 Å². The second-order valence-corrected chi connectivity index (χ2v) is 4.65. The lowest BCUT2D eigenvalue weighted by molar-refractivity contribution is 0.0593. The molecule has 16 heavy (non-hydrogen) atoms. The van der Waals surface area contributed by atoms with Crippen molar-refractivity contribution in [3.05, 3.63) is 0 Å². The lowest BCUT2D eigenvalue weighted by Crippen LogP contribution is -2.38. The quantitative estimate of drug-likeness (QED) is 0.743. The second kappa shape index (κ2) is 5.46. The Morgan fingerprint density at radius 1 is 1.56 bits per heavy atom. The van der Waals surface area contributed by atoms with Gasteiger partial charge in [-0.3, -0.25) is 4.79 Å². The van der Waals surface area contributed by atoms with E-state index in [1.54, 1.807) is 4.90 Å². The number of hydrogen-bond donors (Lipinski definition) is 0. The highest BCUT2D eigenvalue weighted by atomic mass is 32.2. The third-order valence-corrected chi connectivity index (χ3v) is 3.60. The standard InChI is InChI=1S/C8H11N3O3S2/c1-13-7-9-6(10-16-7)15-8(12)11-2-4-14-5-3-11/h2-5H2,1H3. The van der Waals surface area contributed by atoms with Crippen LogP contribution in [-0.4, -0.2) is 52.9 Å². The zero-order chi connectivity index (χ0) is 11.4. The number of ether oxygens (including phenoxy) is 2. The highest BCUT2D eigenvalue weighted by Gasteiger charge is 2.19. The molecular formula is C8H11N3O3S2. The van der Waals surface area contributed by atoms with Gasteiger partial charge in [0.1, 0.15) is 0 Å². The molecule has 0 saturated carbocycles. The van der Waals surface area contributed by atoms with Gasteiger partial charge in [-0.05, 0) is 0 Å².